The van der Waals surface area contributed by atoms with Crippen molar-refractivity contribution in [1.29, 1.82) is 0 Å². The van der Waals surface area contributed by atoms with Crippen LogP contribution in [0.2, 0.25) is 0 Å². The fourth-order valence-electron chi connectivity index (χ4n) is 5.18. The molecule has 2 aromatic heterocycles. The van der Waals surface area contributed by atoms with E-state index in [2.05, 4.69) is 47.0 Å². The SMILES string of the molecule is O=C(O)c1ccc2c(c1)nc(-c1ccc3nc(-c4ccccc4)ccc3c1)n2C1CCCCC1. The van der Waals surface area contributed by atoms with Crippen LogP contribution in [0.1, 0.15) is 48.5 Å². The maximum atomic E-state index is 11.5. The van der Waals surface area contributed by atoms with E-state index in [1.807, 2.05) is 24.3 Å². The van der Waals surface area contributed by atoms with E-state index >= 15 is 0 Å². The fourth-order valence-corrected chi connectivity index (χ4v) is 5.18. The second-order valence-corrected chi connectivity index (χ2v) is 9.08. The minimum atomic E-state index is -0.929. The molecule has 0 bridgehead atoms. The minimum Gasteiger partial charge on any atom is -0.478 e. The van der Waals surface area contributed by atoms with E-state index in [-0.39, 0.29) is 5.56 Å². The molecule has 34 heavy (non-hydrogen) atoms. The van der Waals surface area contributed by atoms with Crippen LogP contribution in [-0.2, 0) is 0 Å². The number of carboxylic acid groups (broad SMARTS) is 1. The van der Waals surface area contributed by atoms with Crippen molar-refractivity contribution in [2.75, 3.05) is 0 Å². The first-order valence-electron chi connectivity index (χ1n) is 11.9. The average Bonchev–Trinajstić information content (AvgIpc) is 3.28. The Kier molecular flexibility index (Phi) is 5.10. The predicted octanol–water partition coefficient (Wildman–Crippen LogP) is 7.12. The van der Waals surface area contributed by atoms with Crippen LogP contribution in [-0.4, -0.2) is 25.6 Å². The highest BCUT2D eigenvalue weighted by atomic mass is 16.4. The summed E-state index contributed by atoms with van der Waals surface area (Å²) in [5, 5.41) is 10.5. The van der Waals surface area contributed by atoms with E-state index in [0.29, 0.717) is 6.04 Å². The number of hydrogen-bond donors (Lipinski definition) is 1. The molecule has 168 valence electrons. The number of rotatable bonds is 4. The zero-order chi connectivity index (χ0) is 23.1. The van der Waals surface area contributed by atoms with E-state index in [9.17, 15) is 9.90 Å². The number of benzene rings is 3. The highest BCUT2D eigenvalue weighted by molar-refractivity contribution is 5.94. The summed E-state index contributed by atoms with van der Waals surface area (Å²) >= 11 is 0. The van der Waals surface area contributed by atoms with Gasteiger partial charge in [0, 0.05) is 22.6 Å². The maximum Gasteiger partial charge on any atom is 0.335 e. The molecule has 1 saturated carbocycles. The molecule has 1 aliphatic rings. The second-order valence-electron chi connectivity index (χ2n) is 9.08. The van der Waals surface area contributed by atoms with Crippen LogP contribution >= 0.6 is 0 Å². The summed E-state index contributed by atoms with van der Waals surface area (Å²) in [4.78, 5) is 21.4. The van der Waals surface area contributed by atoms with Crippen LogP contribution < -0.4 is 0 Å². The second kappa shape index (κ2) is 8.41. The van der Waals surface area contributed by atoms with Gasteiger partial charge in [0.15, 0.2) is 0 Å². The van der Waals surface area contributed by atoms with E-state index < -0.39 is 5.97 Å². The predicted molar refractivity (Wildman–Crippen MR) is 135 cm³/mol. The Morgan fingerprint density at radius 2 is 1.62 bits per heavy atom. The number of nitrogens with zero attached hydrogens (tertiary/aromatic N) is 3. The number of fused-ring (bicyclic) bond motifs is 2. The van der Waals surface area contributed by atoms with Gasteiger partial charge in [0.25, 0.3) is 0 Å². The molecule has 0 amide bonds. The van der Waals surface area contributed by atoms with Gasteiger partial charge in [-0.15, -0.1) is 0 Å². The van der Waals surface area contributed by atoms with Crippen LogP contribution in [0.25, 0.3) is 44.6 Å². The minimum absolute atomic E-state index is 0.267. The van der Waals surface area contributed by atoms with Crippen molar-refractivity contribution in [2.45, 2.75) is 38.1 Å². The third-order valence-corrected chi connectivity index (χ3v) is 6.89. The lowest BCUT2D eigenvalue weighted by Crippen LogP contribution is -2.14. The van der Waals surface area contributed by atoms with Gasteiger partial charge in [-0.2, -0.15) is 0 Å². The van der Waals surface area contributed by atoms with Gasteiger partial charge in [-0.25, -0.2) is 14.8 Å². The Morgan fingerprint density at radius 3 is 2.41 bits per heavy atom. The number of pyridine rings is 1. The van der Waals surface area contributed by atoms with E-state index in [0.717, 1.165) is 57.4 Å². The molecule has 0 atom stereocenters. The largest absolute Gasteiger partial charge is 0.478 e. The lowest BCUT2D eigenvalue weighted by atomic mass is 9.94. The molecular weight excluding hydrogens is 422 g/mol. The van der Waals surface area contributed by atoms with Gasteiger partial charge in [0.05, 0.1) is 27.8 Å². The molecule has 2 heterocycles. The van der Waals surface area contributed by atoms with Gasteiger partial charge in [0.2, 0.25) is 0 Å². The average molecular weight is 448 g/mol. The molecule has 5 aromatic rings. The van der Waals surface area contributed by atoms with Crippen LogP contribution in [0, 0.1) is 0 Å². The van der Waals surface area contributed by atoms with Crippen molar-refractivity contribution < 1.29 is 9.90 Å². The van der Waals surface area contributed by atoms with Crippen LogP contribution in [0.3, 0.4) is 0 Å². The van der Waals surface area contributed by atoms with Gasteiger partial charge in [0.1, 0.15) is 5.82 Å². The molecule has 1 fully saturated rings. The van der Waals surface area contributed by atoms with Crippen LogP contribution in [0.5, 0.6) is 0 Å². The third-order valence-electron chi connectivity index (χ3n) is 6.89. The highest BCUT2D eigenvalue weighted by Gasteiger charge is 2.23. The zero-order valence-electron chi connectivity index (χ0n) is 18.8. The maximum absolute atomic E-state index is 11.5. The molecule has 1 N–H and O–H groups in total. The Bertz CT molecular complexity index is 1520. The summed E-state index contributed by atoms with van der Waals surface area (Å²) in [7, 11) is 0. The quantitative estimate of drug-likeness (QED) is 0.318. The van der Waals surface area contributed by atoms with Gasteiger partial charge in [-0.05, 0) is 55.3 Å². The summed E-state index contributed by atoms with van der Waals surface area (Å²) < 4.78 is 2.34. The Balaban J connectivity index is 1.48. The van der Waals surface area contributed by atoms with Gasteiger partial charge in [-0.3, -0.25) is 0 Å². The summed E-state index contributed by atoms with van der Waals surface area (Å²) in [6, 6.07) is 26.3. The molecule has 0 unspecified atom stereocenters. The van der Waals surface area contributed by atoms with Crippen molar-refractivity contribution in [3.05, 3.63) is 84.4 Å². The Morgan fingerprint density at radius 1 is 0.794 bits per heavy atom. The molecule has 3 aromatic carbocycles. The normalized spacial score (nSPS) is 14.6. The summed E-state index contributed by atoms with van der Waals surface area (Å²) in [5.74, 6) is -0.0276. The van der Waals surface area contributed by atoms with Crippen molar-refractivity contribution in [2.24, 2.45) is 0 Å². The number of imidazole rings is 1. The first-order valence-corrected chi connectivity index (χ1v) is 11.9. The van der Waals surface area contributed by atoms with E-state index in [4.69, 9.17) is 9.97 Å². The Hall–Kier alpha value is -3.99. The number of aromatic carboxylic acids is 1. The van der Waals surface area contributed by atoms with Crippen molar-refractivity contribution >= 4 is 27.9 Å². The molecule has 1 aliphatic carbocycles. The Labute approximate surface area is 197 Å². The number of hydrogen-bond acceptors (Lipinski definition) is 3. The number of carbonyl (C=O) groups is 1. The molecule has 0 aliphatic heterocycles. The molecule has 0 spiro atoms. The molecule has 5 nitrogen and oxygen atoms in total. The monoisotopic (exact) mass is 447 g/mol. The number of aromatic nitrogens is 3. The molecule has 0 saturated heterocycles. The summed E-state index contributed by atoms with van der Waals surface area (Å²) in [5.41, 5.74) is 6.03. The zero-order valence-corrected chi connectivity index (χ0v) is 18.8. The van der Waals surface area contributed by atoms with Crippen molar-refractivity contribution in [1.82, 2.24) is 14.5 Å². The highest BCUT2D eigenvalue weighted by Crippen LogP contribution is 2.37. The summed E-state index contributed by atoms with van der Waals surface area (Å²) in [6.07, 6.45) is 5.93. The molecular formula is C29H25N3O2. The first-order chi connectivity index (χ1) is 16.7. The van der Waals surface area contributed by atoms with Gasteiger partial charge >= 0.3 is 5.97 Å². The van der Waals surface area contributed by atoms with Gasteiger partial charge in [-0.1, -0.05) is 55.7 Å². The number of carboxylic acids is 1. The molecule has 0 radical (unpaired) electrons. The van der Waals surface area contributed by atoms with Crippen molar-refractivity contribution in [3.63, 3.8) is 0 Å². The topological polar surface area (TPSA) is 68.0 Å². The third kappa shape index (κ3) is 3.63. The lowest BCUT2D eigenvalue weighted by Gasteiger charge is -2.25. The fraction of sp³-hybridized carbons (Fsp3) is 0.207. The summed E-state index contributed by atoms with van der Waals surface area (Å²) in [6.45, 7) is 0. The molecule has 5 heteroatoms. The smallest absolute Gasteiger partial charge is 0.335 e. The van der Waals surface area contributed by atoms with Crippen molar-refractivity contribution in [3.8, 4) is 22.6 Å². The van der Waals surface area contributed by atoms with Gasteiger partial charge < -0.3 is 9.67 Å². The van der Waals surface area contributed by atoms with E-state index in [1.54, 1.807) is 12.1 Å². The van der Waals surface area contributed by atoms with Crippen LogP contribution in [0.15, 0.2) is 78.9 Å². The van der Waals surface area contributed by atoms with Crippen LogP contribution in [0.4, 0.5) is 0 Å². The standard InChI is InChI=1S/C29H25N3O2/c33-29(34)22-13-16-27-26(18-22)31-28(32(27)23-9-5-2-6-10-23)21-12-15-25-20(17-21)11-14-24(30-25)19-7-3-1-4-8-19/h1,3-4,7-8,11-18,23H,2,5-6,9-10H2,(H,33,34). The lowest BCUT2D eigenvalue weighted by molar-refractivity contribution is 0.0697. The van der Waals surface area contributed by atoms with E-state index in [1.165, 1.54) is 19.3 Å². The first kappa shape index (κ1) is 20.6. The molecule has 6 rings (SSSR count).